The molecule has 0 radical (unpaired) electrons. The van der Waals surface area contributed by atoms with Crippen LogP contribution in [-0.4, -0.2) is 24.1 Å². The Morgan fingerprint density at radius 3 is 1.42 bits per heavy atom. The molecule has 9 heteroatoms. The molecule has 0 aromatic heterocycles. The summed E-state index contributed by atoms with van der Waals surface area (Å²) in [5.41, 5.74) is 0. The molecule has 0 spiro atoms. The van der Waals surface area contributed by atoms with Crippen molar-refractivity contribution in [2.24, 2.45) is 17.8 Å². The first kappa shape index (κ1) is 26.7. The maximum atomic E-state index is 13.5. The van der Waals surface area contributed by atoms with E-state index in [4.69, 9.17) is 0 Å². The van der Waals surface area contributed by atoms with Crippen molar-refractivity contribution in [2.75, 3.05) is 0 Å². The summed E-state index contributed by atoms with van der Waals surface area (Å²) in [6.07, 6.45) is 1.42. The minimum Gasteiger partial charge on any atom is -0.743 e. The fraction of sp³-hybridized carbons (Fsp3) is 0.333. The van der Waals surface area contributed by atoms with Crippen molar-refractivity contribution in [3.05, 3.63) is 91.0 Å². The molecule has 3 aromatic rings. The van der Waals surface area contributed by atoms with E-state index < -0.39 is 33.1 Å². The van der Waals surface area contributed by atoms with Crippen LogP contribution in [0.2, 0.25) is 0 Å². The molecule has 2 aliphatic carbocycles. The first-order valence-electron chi connectivity index (χ1n) is 11.6. The average molecular weight is 539 g/mol. The van der Waals surface area contributed by atoms with Gasteiger partial charge in [-0.25, -0.2) is 8.42 Å². The van der Waals surface area contributed by atoms with E-state index in [-0.39, 0.29) is 23.2 Å². The van der Waals surface area contributed by atoms with Gasteiger partial charge in [-0.15, -0.1) is 0 Å². The molecule has 3 atom stereocenters. The van der Waals surface area contributed by atoms with Crippen molar-refractivity contribution < 1.29 is 30.5 Å². The number of alkyl halides is 4. The average Bonchev–Trinajstić information content (AvgIpc) is 3.50. The van der Waals surface area contributed by atoms with Crippen molar-refractivity contribution in [2.45, 2.75) is 51.5 Å². The minimum atomic E-state index is -6.35. The smallest absolute Gasteiger partial charge is 0.396 e. The summed E-state index contributed by atoms with van der Waals surface area (Å²) in [4.78, 5) is 4.08. The highest BCUT2D eigenvalue weighted by molar-refractivity contribution is 7.97. The molecule has 0 heterocycles. The fourth-order valence-corrected chi connectivity index (χ4v) is 7.74. The van der Waals surface area contributed by atoms with Gasteiger partial charge in [0.05, 0.1) is 10.9 Å². The number of benzene rings is 3. The molecule has 2 fully saturated rings. The monoisotopic (exact) mass is 538 g/mol. The van der Waals surface area contributed by atoms with Gasteiger partial charge in [0, 0.05) is 5.92 Å². The van der Waals surface area contributed by atoms with Gasteiger partial charge < -0.3 is 4.55 Å². The largest absolute Gasteiger partial charge is 0.743 e. The third kappa shape index (κ3) is 5.33. The number of hydrogen-bond donors (Lipinski definition) is 0. The number of halogens is 4. The summed E-state index contributed by atoms with van der Waals surface area (Å²) in [7, 11) is -6.36. The van der Waals surface area contributed by atoms with Crippen LogP contribution in [0.1, 0.15) is 25.7 Å². The first-order valence-corrected chi connectivity index (χ1v) is 14.3. The summed E-state index contributed by atoms with van der Waals surface area (Å²) in [5.74, 6) is -7.10. The van der Waals surface area contributed by atoms with Gasteiger partial charge in [0.1, 0.15) is 0 Å². The Hall–Kier alpha value is -2.36. The van der Waals surface area contributed by atoms with E-state index in [1.54, 1.807) is 0 Å². The molecule has 192 valence electrons. The van der Waals surface area contributed by atoms with Crippen molar-refractivity contribution in [3.8, 4) is 0 Å². The van der Waals surface area contributed by atoms with Gasteiger partial charge >= 0.3 is 11.2 Å². The van der Waals surface area contributed by atoms with Crippen LogP contribution in [0.15, 0.2) is 106 Å². The van der Waals surface area contributed by atoms with Crippen LogP contribution in [-0.2, 0) is 21.0 Å². The third-order valence-corrected chi connectivity index (χ3v) is 9.97. The molecule has 0 amide bonds. The van der Waals surface area contributed by atoms with Crippen molar-refractivity contribution >= 4 is 21.0 Å². The van der Waals surface area contributed by atoms with Crippen LogP contribution in [0.5, 0.6) is 0 Å². The molecule has 36 heavy (non-hydrogen) atoms. The van der Waals surface area contributed by atoms with Gasteiger partial charge in [0.25, 0.3) is 0 Å². The number of hydrogen-bond acceptors (Lipinski definition) is 3. The Balaban J connectivity index is 0.000000170. The quantitative estimate of drug-likeness (QED) is 0.193. The van der Waals surface area contributed by atoms with E-state index >= 15 is 0 Å². The molecule has 2 bridgehead atoms. The molecule has 0 saturated heterocycles. The standard InChI is InChI=1S/C18H15S.C9H12F4O3S/c1-4-10-16(11-5-1)19(17-12-6-2-7-13-17)18-14-8-3-9-15-18;10-8(11,9(12,13)17(14,15)16)7-4-5-1-2-6(7)3-5/h1-15H;5-7H,1-4H2,(H,14,15,16)/q+1;/p-1. The van der Waals surface area contributed by atoms with Crippen LogP contribution in [0, 0.1) is 17.8 Å². The van der Waals surface area contributed by atoms with Crippen LogP contribution >= 0.6 is 0 Å². The van der Waals surface area contributed by atoms with E-state index in [2.05, 4.69) is 91.0 Å². The Morgan fingerprint density at radius 2 is 1.11 bits per heavy atom. The van der Waals surface area contributed by atoms with Crippen LogP contribution in [0.3, 0.4) is 0 Å². The maximum Gasteiger partial charge on any atom is 0.396 e. The molecule has 2 aliphatic rings. The predicted octanol–water partition coefficient (Wildman–Crippen LogP) is 6.98. The van der Waals surface area contributed by atoms with Gasteiger partial charge in [-0.05, 0) is 67.5 Å². The first-order chi connectivity index (χ1) is 17.0. The zero-order valence-electron chi connectivity index (χ0n) is 19.3. The normalized spacial score (nSPS) is 21.8. The molecule has 3 nitrogen and oxygen atoms in total. The van der Waals surface area contributed by atoms with Gasteiger partial charge in [-0.2, -0.15) is 17.6 Å². The lowest BCUT2D eigenvalue weighted by atomic mass is 9.84. The fourth-order valence-electron chi connectivity index (χ4n) is 5.15. The van der Waals surface area contributed by atoms with E-state index in [1.807, 2.05) is 0 Å². The summed E-state index contributed by atoms with van der Waals surface area (Å²) in [6.45, 7) is 0. The third-order valence-electron chi connectivity index (χ3n) is 6.84. The lowest BCUT2D eigenvalue weighted by Gasteiger charge is -2.36. The lowest BCUT2D eigenvalue weighted by Crippen LogP contribution is -2.52. The zero-order chi connectivity index (χ0) is 26.0. The summed E-state index contributed by atoms with van der Waals surface area (Å²) in [6, 6.07) is 32.2. The van der Waals surface area contributed by atoms with Gasteiger partial charge in [0.15, 0.2) is 24.8 Å². The van der Waals surface area contributed by atoms with Crippen molar-refractivity contribution in [3.63, 3.8) is 0 Å². The highest BCUT2D eigenvalue weighted by atomic mass is 32.2. The molecule has 5 rings (SSSR count). The Kier molecular flexibility index (Phi) is 7.83. The van der Waals surface area contributed by atoms with Gasteiger partial charge in [-0.1, -0.05) is 61.0 Å². The Bertz CT molecular complexity index is 1150. The van der Waals surface area contributed by atoms with E-state index in [0.29, 0.717) is 19.3 Å². The number of fused-ring (bicyclic) bond motifs is 2. The zero-order valence-corrected chi connectivity index (χ0v) is 20.9. The maximum absolute atomic E-state index is 13.5. The molecule has 2 saturated carbocycles. The molecular weight excluding hydrogens is 512 g/mol. The lowest BCUT2D eigenvalue weighted by molar-refractivity contribution is -0.202. The topological polar surface area (TPSA) is 57.2 Å². The molecule has 0 aliphatic heterocycles. The van der Waals surface area contributed by atoms with E-state index in [0.717, 1.165) is 0 Å². The Morgan fingerprint density at radius 1 is 0.694 bits per heavy atom. The summed E-state index contributed by atoms with van der Waals surface area (Å²) >= 11 is 0. The van der Waals surface area contributed by atoms with E-state index in [9.17, 15) is 30.5 Å². The Labute approximate surface area is 211 Å². The van der Waals surface area contributed by atoms with Crippen molar-refractivity contribution in [1.29, 1.82) is 0 Å². The van der Waals surface area contributed by atoms with Crippen molar-refractivity contribution in [1.82, 2.24) is 0 Å². The number of rotatable bonds is 6. The SMILES string of the molecule is O=S(=O)([O-])C(F)(F)C(F)(F)C1CC2CCC1C2.c1ccc([S+](c2ccccc2)c2ccccc2)cc1. The van der Waals surface area contributed by atoms with Gasteiger partial charge in [0.2, 0.25) is 0 Å². The highest BCUT2D eigenvalue weighted by Gasteiger charge is 2.68. The summed E-state index contributed by atoms with van der Waals surface area (Å²) in [5, 5.41) is -5.52. The van der Waals surface area contributed by atoms with Crippen LogP contribution in [0.25, 0.3) is 0 Å². The highest BCUT2D eigenvalue weighted by Crippen LogP contribution is 2.58. The van der Waals surface area contributed by atoms with Crippen LogP contribution < -0.4 is 0 Å². The second-order valence-corrected chi connectivity index (χ2v) is 12.6. The second kappa shape index (κ2) is 10.6. The van der Waals surface area contributed by atoms with Gasteiger partial charge in [-0.3, -0.25) is 0 Å². The minimum absolute atomic E-state index is 0.0146. The molecule has 3 aromatic carbocycles. The second-order valence-electron chi connectivity index (χ2n) is 9.12. The molecule has 3 unspecified atom stereocenters. The predicted molar refractivity (Wildman–Crippen MR) is 130 cm³/mol. The molecular formula is C27H26F4O3S2. The molecule has 0 N–H and O–H groups in total. The van der Waals surface area contributed by atoms with E-state index in [1.165, 1.54) is 14.7 Å². The van der Waals surface area contributed by atoms with Crippen LogP contribution in [0.4, 0.5) is 17.6 Å². The summed E-state index contributed by atoms with van der Waals surface area (Å²) < 4.78 is 84.0.